The maximum absolute atomic E-state index is 13.5. The minimum Gasteiger partial charge on any atom is -0.456 e. The van der Waals surface area contributed by atoms with Crippen LogP contribution in [0.1, 0.15) is 66.7 Å². The minimum absolute atomic E-state index is 0.0834. The van der Waals surface area contributed by atoms with Crippen LogP contribution in [0.2, 0.25) is 0 Å². The van der Waals surface area contributed by atoms with Gasteiger partial charge < -0.3 is 4.74 Å². The first-order chi connectivity index (χ1) is 15.9. The van der Waals surface area contributed by atoms with Crippen molar-refractivity contribution in [3.05, 3.63) is 46.5 Å². The minimum atomic E-state index is -0.352. The van der Waals surface area contributed by atoms with Crippen LogP contribution in [0.4, 0.5) is 0 Å². The molecule has 0 radical (unpaired) electrons. The third kappa shape index (κ3) is 5.14. The number of carbonyl (C=O) groups excluding carboxylic acids is 2. The van der Waals surface area contributed by atoms with Gasteiger partial charge >= 0.3 is 0 Å². The summed E-state index contributed by atoms with van der Waals surface area (Å²) in [5, 5.41) is 0.312. The zero-order chi connectivity index (χ0) is 24.1. The molecule has 0 aromatic heterocycles. The summed E-state index contributed by atoms with van der Waals surface area (Å²) >= 11 is 5.58. The number of unbranched alkanes of at least 4 members (excludes halogenated alkanes) is 2. The molecule has 7 heteroatoms. The number of fused-ring (bicyclic) bond motifs is 1. The monoisotopic (exact) mass is 471 g/mol. The van der Waals surface area contributed by atoms with Gasteiger partial charge in [-0.2, -0.15) is 0 Å². The first kappa shape index (κ1) is 25.4. The molecular formula is C26H37N3O3S. The third-order valence-corrected chi connectivity index (χ3v) is 6.98. The van der Waals surface area contributed by atoms with E-state index in [1.165, 1.54) is 0 Å². The van der Waals surface area contributed by atoms with E-state index in [2.05, 4.69) is 44.7 Å². The zero-order valence-electron chi connectivity index (χ0n) is 20.6. The maximum atomic E-state index is 13.5. The van der Waals surface area contributed by atoms with E-state index in [0.29, 0.717) is 24.0 Å². The van der Waals surface area contributed by atoms with Crippen molar-refractivity contribution in [2.24, 2.45) is 0 Å². The fraction of sp³-hybridized carbons (Fsp3) is 0.577. The summed E-state index contributed by atoms with van der Waals surface area (Å²) in [4.78, 5) is 32.5. The van der Waals surface area contributed by atoms with Gasteiger partial charge in [0, 0.05) is 24.7 Å². The number of allylic oxidation sites excluding steroid dienone is 2. The van der Waals surface area contributed by atoms with Crippen LogP contribution in [0, 0.1) is 0 Å². The van der Waals surface area contributed by atoms with Gasteiger partial charge in [-0.15, -0.1) is 0 Å². The van der Waals surface area contributed by atoms with E-state index < -0.39 is 0 Å². The van der Waals surface area contributed by atoms with Crippen LogP contribution >= 0.6 is 12.2 Å². The Kier molecular flexibility index (Phi) is 8.65. The number of rotatable bonds is 9. The van der Waals surface area contributed by atoms with Crippen molar-refractivity contribution in [2.75, 3.05) is 26.2 Å². The largest absolute Gasteiger partial charge is 0.456 e. The molecule has 1 atom stereocenters. The second-order valence-electron chi connectivity index (χ2n) is 8.74. The lowest BCUT2D eigenvalue weighted by Crippen LogP contribution is -2.57. The maximum Gasteiger partial charge on any atom is 0.269 e. The van der Waals surface area contributed by atoms with E-state index in [0.717, 1.165) is 62.1 Å². The first-order valence-corrected chi connectivity index (χ1v) is 12.7. The van der Waals surface area contributed by atoms with Gasteiger partial charge in [0.2, 0.25) is 0 Å². The summed E-state index contributed by atoms with van der Waals surface area (Å²) in [6, 6.07) is 0.239. The number of hydrogen-bond donors (Lipinski definition) is 0. The lowest BCUT2D eigenvalue weighted by atomic mass is 9.92. The Balaban J connectivity index is 2.04. The molecule has 1 unspecified atom stereocenters. The Labute approximate surface area is 203 Å². The highest BCUT2D eigenvalue weighted by Crippen LogP contribution is 2.37. The predicted octanol–water partition coefficient (Wildman–Crippen LogP) is 4.70. The molecule has 0 saturated carbocycles. The summed E-state index contributed by atoms with van der Waals surface area (Å²) in [5.41, 5.74) is 2.13. The molecule has 0 spiro atoms. The van der Waals surface area contributed by atoms with Crippen LogP contribution in [-0.2, 0) is 14.3 Å². The van der Waals surface area contributed by atoms with E-state index in [4.69, 9.17) is 17.0 Å². The predicted molar refractivity (Wildman–Crippen MR) is 135 cm³/mol. The molecular weight excluding hydrogens is 434 g/mol. The van der Waals surface area contributed by atoms with Crippen LogP contribution < -0.4 is 0 Å². The highest BCUT2D eigenvalue weighted by atomic mass is 32.1. The number of ether oxygens (including phenoxy) is 1. The van der Waals surface area contributed by atoms with E-state index in [9.17, 15) is 9.59 Å². The van der Waals surface area contributed by atoms with Crippen molar-refractivity contribution in [2.45, 2.75) is 72.8 Å². The Hall–Kier alpha value is -2.25. The third-order valence-electron chi connectivity index (χ3n) is 6.54. The van der Waals surface area contributed by atoms with E-state index in [1.807, 2.05) is 13.0 Å². The van der Waals surface area contributed by atoms with Crippen molar-refractivity contribution in [3.8, 4) is 0 Å². The van der Waals surface area contributed by atoms with Crippen molar-refractivity contribution in [1.29, 1.82) is 0 Å². The van der Waals surface area contributed by atoms with Gasteiger partial charge in [0.1, 0.15) is 17.1 Å². The van der Waals surface area contributed by atoms with Crippen LogP contribution in [0.5, 0.6) is 0 Å². The van der Waals surface area contributed by atoms with Gasteiger partial charge in [-0.1, -0.05) is 46.6 Å². The molecule has 6 nitrogen and oxygen atoms in total. The van der Waals surface area contributed by atoms with Crippen molar-refractivity contribution >= 4 is 29.1 Å². The van der Waals surface area contributed by atoms with Gasteiger partial charge in [0.25, 0.3) is 11.8 Å². The molecule has 2 amide bonds. The molecule has 0 N–H and O–H groups in total. The lowest BCUT2D eigenvalue weighted by molar-refractivity contribution is -0.134. The fourth-order valence-corrected chi connectivity index (χ4v) is 4.88. The molecule has 3 aliphatic rings. The Morgan fingerprint density at radius 1 is 1.03 bits per heavy atom. The second kappa shape index (κ2) is 11.3. The Morgan fingerprint density at radius 2 is 1.61 bits per heavy atom. The van der Waals surface area contributed by atoms with Gasteiger partial charge in [0.05, 0.1) is 0 Å². The van der Waals surface area contributed by atoms with E-state index in [-0.39, 0.29) is 23.4 Å². The number of nitrogens with zero attached hydrogens (tertiary/aromatic N) is 3. The van der Waals surface area contributed by atoms with E-state index in [1.54, 1.807) is 9.80 Å². The quantitative estimate of drug-likeness (QED) is 0.277. The van der Waals surface area contributed by atoms with Crippen LogP contribution in [0.3, 0.4) is 0 Å². The number of hydrogen-bond acceptors (Lipinski definition) is 5. The number of amides is 2. The Morgan fingerprint density at radius 3 is 2.12 bits per heavy atom. The average Bonchev–Trinajstić information content (AvgIpc) is 2.79. The highest BCUT2D eigenvalue weighted by Gasteiger charge is 2.42. The fourth-order valence-electron chi connectivity index (χ4n) is 4.53. The molecule has 33 heavy (non-hydrogen) atoms. The summed E-state index contributed by atoms with van der Waals surface area (Å²) in [5.74, 6) is 0.356. The normalized spacial score (nSPS) is 21.2. The van der Waals surface area contributed by atoms with Crippen LogP contribution in [-0.4, -0.2) is 63.8 Å². The molecule has 2 aliphatic heterocycles. The number of thiocarbonyl (C=S) groups is 1. The smallest absolute Gasteiger partial charge is 0.269 e. The first-order valence-electron chi connectivity index (χ1n) is 12.3. The van der Waals surface area contributed by atoms with Gasteiger partial charge in [-0.25, -0.2) is 0 Å². The molecule has 0 aromatic rings. The highest BCUT2D eigenvalue weighted by molar-refractivity contribution is 7.80. The van der Waals surface area contributed by atoms with Crippen molar-refractivity contribution < 1.29 is 14.3 Å². The standard InChI is InChI=1S/C26H37N3O3S/c1-6-10-14-28-24(30)23(25(31)29(26(28)33)15-11-7-2)22-16-18(5)20-13-12-19(17-21(20)32-22)27(8-3)9-4/h13,16-17,19H,6-12,14-15H2,1-5H3. The van der Waals surface area contributed by atoms with Crippen LogP contribution in [0.15, 0.2) is 46.5 Å². The zero-order valence-corrected chi connectivity index (χ0v) is 21.5. The number of carbonyl (C=O) groups is 2. The van der Waals surface area contributed by atoms with Gasteiger partial charge in [-0.3, -0.25) is 24.3 Å². The molecule has 1 saturated heterocycles. The van der Waals surface area contributed by atoms with Crippen molar-refractivity contribution in [1.82, 2.24) is 14.7 Å². The SMILES string of the molecule is CCCCN1C(=O)C(=C2C=C(C)C3=CCC(N(CC)CC)C=C3O2)C(=O)N(CCCC)C1=S. The van der Waals surface area contributed by atoms with Crippen molar-refractivity contribution in [3.63, 3.8) is 0 Å². The lowest BCUT2D eigenvalue weighted by Gasteiger charge is -2.38. The topological polar surface area (TPSA) is 53.1 Å². The molecule has 1 fully saturated rings. The second-order valence-corrected chi connectivity index (χ2v) is 9.11. The summed E-state index contributed by atoms with van der Waals surface area (Å²) in [6.07, 6.45) is 10.6. The average molecular weight is 472 g/mol. The van der Waals surface area contributed by atoms with Gasteiger partial charge in [0.15, 0.2) is 5.11 Å². The summed E-state index contributed by atoms with van der Waals surface area (Å²) in [7, 11) is 0. The molecule has 0 aromatic carbocycles. The molecule has 180 valence electrons. The molecule has 3 rings (SSSR count). The van der Waals surface area contributed by atoms with E-state index >= 15 is 0 Å². The number of likely N-dealkylation sites (N-methyl/N-ethyl adjacent to an activating group) is 1. The Bertz CT molecular complexity index is 895. The van der Waals surface area contributed by atoms with Crippen LogP contribution in [0.25, 0.3) is 0 Å². The summed E-state index contributed by atoms with van der Waals surface area (Å²) < 4.78 is 6.28. The molecule has 0 bridgehead atoms. The van der Waals surface area contributed by atoms with Gasteiger partial charge in [-0.05, 0) is 69.2 Å². The molecule has 1 aliphatic carbocycles. The summed E-state index contributed by atoms with van der Waals surface area (Å²) in [6.45, 7) is 13.4. The molecule has 2 heterocycles.